The second-order valence-electron chi connectivity index (χ2n) is 9.91. The minimum atomic E-state index is -0.931. The zero-order valence-electron chi connectivity index (χ0n) is 20.3. The van der Waals surface area contributed by atoms with E-state index in [9.17, 15) is 9.18 Å². The fourth-order valence-electron chi connectivity index (χ4n) is 5.43. The SMILES string of the molecule is CCN1CCN(c2ccc(-c3cc4c(N5CCN(C(=O)[C@@H]6C[C@H]6F)CC5)ccnn4c3)cc2)CC1. The van der Waals surface area contributed by atoms with Crippen LogP contribution in [0.4, 0.5) is 15.8 Å². The molecule has 4 heterocycles. The maximum absolute atomic E-state index is 13.3. The summed E-state index contributed by atoms with van der Waals surface area (Å²) < 4.78 is 15.3. The van der Waals surface area contributed by atoms with Crippen LogP contribution in [-0.4, -0.2) is 90.4 Å². The number of anilines is 2. The summed E-state index contributed by atoms with van der Waals surface area (Å²) in [5.74, 6) is -0.410. The molecule has 0 spiro atoms. The molecule has 2 saturated heterocycles. The molecule has 6 rings (SSSR count). The number of rotatable bonds is 5. The van der Waals surface area contributed by atoms with Gasteiger partial charge in [0.1, 0.15) is 6.17 Å². The van der Waals surface area contributed by atoms with Crippen LogP contribution >= 0.6 is 0 Å². The van der Waals surface area contributed by atoms with Gasteiger partial charge in [0.2, 0.25) is 5.91 Å². The maximum Gasteiger partial charge on any atom is 0.228 e. The molecule has 1 aliphatic carbocycles. The van der Waals surface area contributed by atoms with Crippen LogP contribution in [0.2, 0.25) is 0 Å². The highest BCUT2D eigenvalue weighted by atomic mass is 19.1. The molecule has 2 aromatic heterocycles. The van der Waals surface area contributed by atoms with Gasteiger partial charge in [-0.3, -0.25) is 4.79 Å². The minimum absolute atomic E-state index is 0.0160. The monoisotopic (exact) mass is 476 g/mol. The van der Waals surface area contributed by atoms with Crippen molar-refractivity contribution in [3.8, 4) is 11.1 Å². The summed E-state index contributed by atoms with van der Waals surface area (Å²) in [5, 5.41) is 4.54. The number of carbonyl (C=O) groups excluding carboxylic acids is 1. The van der Waals surface area contributed by atoms with Crippen LogP contribution in [0.5, 0.6) is 0 Å². The van der Waals surface area contributed by atoms with Gasteiger partial charge in [-0.15, -0.1) is 0 Å². The van der Waals surface area contributed by atoms with Gasteiger partial charge in [-0.2, -0.15) is 5.10 Å². The van der Waals surface area contributed by atoms with E-state index in [1.54, 1.807) is 0 Å². The van der Waals surface area contributed by atoms with Crippen LogP contribution in [0, 0.1) is 5.92 Å². The Balaban J connectivity index is 1.16. The fourth-order valence-corrected chi connectivity index (χ4v) is 5.43. The third-order valence-corrected chi connectivity index (χ3v) is 7.83. The molecule has 7 nitrogen and oxygen atoms in total. The second kappa shape index (κ2) is 9.15. The van der Waals surface area contributed by atoms with Crippen LogP contribution in [0.25, 0.3) is 16.6 Å². The Morgan fingerprint density at radius 1 is 0.943 bits per heavy atom. The van der Waals surface area contributed by atoms with Crippen molar-refractivity contribution in [2.24, 2.45) is 5.92 Å². The fraction of sp³-hybridized carbons (Fsp3) is 0.481. The average molecular weight is 477 g/mol. The number of alkyl halides is 1. The predicted octanol–water partition coefficient (Wildman–Crippen LogP) is 3.15. The van der Waals surface area contributed by atoms with E-state index < -0.39 is 12.1 Å². The molecular weight excluding hydrogens is 443 g/mol. The highest BCUT2D eigenvalue weighted by Crippen LogP contribution is 2.36. The summed E-state index contributed by atoms with van der Waals surface area (Å²) in [4.78, 5) is 21.5. The van der Waals surface area contributed by atoms with Crippen molar-refractivity contribution >= 4 is 22.8 Å². The standard InChI is InChI=1S/C27H33FN6O/c1-2-30-9-11-31(12-10-30)22-5-3-20(4-6-22)21-17-26-25(7-8-29-34(26)19-21)32-13-15-33(16-14-32)27(35)23-18-24(23)28/h3-8,17,19,23-24H,2,9-16,18H2,1H3/t23-,24-/m1/s1. The van der Waals surface area contributed by atoms with E-state index in [1.807, 2.05) is 21.7 Å². The number of amides is 1. The van der Waals surface area contributed by atoms with Crippen molar-refractivity contribution in [3.05, 3.63) is 48.8 Å². The molecule has 1 saturated carbocycles. The van der Waals surface area contributed by atoms with E-state index in [2.05, 4.69) is 63.3 Å². The molecule has 0 unspecified atom stereocenters. The van der Waals surface area contributed by atoms with Crippen LogP contribution in [0.15, 0.2) is 48.8 Å². The molecule has 2 aliphatic heterocycles. The molecule has 3 aromatic rings. The maximum atomic E-state index is 13.3. The van der Waals surface area contributed by atoms with E-state index >= 15 is 0 Å². The van der Waals surface area contributed by atoms with Gasteiger partial charge in [-0.25, -0.2) is 8.91 Å². The van der Waals surface area contributed by atoms with Gasteiger partial charge in [0, 0.05) is 76.0 Å². The van der Waals surface area contributed by atoms with E-state index in [0.29, 0.717) is 19.5 Å². The number of piperazine rings is 2. The Kier molecular flexibility index (Phi) is 5.84. The van der Waals surface area contributed by atoms with Crippen molar-refractivity contribution in [2.45, 2.75) is 19.5 Å². The summed E-state index contributed by atoms with van der Waals surface area (Å²) in [6.07, 6.45) is 3.38. The highest BCUT2D eigenvalue weighted by molar-refractivity contribution is 5.83. The van der Waals surface area contributed by atoms with Gasteiger partial charge >= 0.3 is 0 Å². The first-order chi connectivity index (χ1) is 17.1. The molecule has 0 bridgehead atoms. The molecular formula is C27H33FN6O. The first kappa shape index (κ1) is 22.3. The van der Waals surface area contributed by atoms with E-state index in [-0.39, 0.29) is 5.91 Å². The number of benzene rings is 1. The molecule has 1 aromatic carbocycles. The molecule has 3 fully saturated rings. The summed E-state index contributed by atoms with van der Waals surface area (Å²) >= 11 is 0. The van der Waals surface area contributed by atoms with E-state index in [0.717, 1.165) is 62.6 Å². The Hall–Kier alpha value is -3.13. The number of hydrogen-bond acceptors (Lipinski definition) is 5. The number of aromatic nitrogens is 2. The lowest BCUT2D eigenvalue weighted by Crippen LogP contribution is -2.49. The van der Waals surface area contributed by atoms with Gasteiger partial charge in [0.15, 0.2) is 0 Å². The first-order valence-electron chi connectivity index (χ1n) is 12.8. The lowest BCUT2D eigenvalue weighted by Gasteiger charge is -2.36. The molecule has 35 heavy (non-hydrogen) atoms. The third kappa shape index (κ3) is 4.35. The minimum Gasteiger partial charge on any atom is -0.369 e. The van der Waals surface area contributed by atoms with Crippen molar-refractivity contribution in [3.63, 3.8) is 0 Å². The van der Waals surface area contributed by atoms with Gasteiger partial charge in [0.25, 0.3) is 0 Å². The number of halogens is 1. The van der Waals surface area contributed by atoms with Gasteiger partial charge in [0.05, 0.1) is 17.1 Å². The van der Waals surface area contributed by atoms with Crippen LogP contribution in [0.1, 0.15) is 13.3 Å². The quantitative estimate of drug-likeness (QED) is 0.566. The molecule has 1 amide bonds. The van der Waals surface area contributed by atoms with Gasteiger partial charge < -0.3 is 19.6 Å². The van der Waals surface area contributed by atoms with Gasteiger partial charge in [-0.1, -0.05) is 19.1 Å². The Bertz CT molecular complexity index is 1190. The van der Waals surface area contributed by atoms with E-state index in [4.69, 9.17) is 0 Å². The van der Waals surface area contributed by atoms with Crippen molar-refractivity contribution < 1.29 is 9.18 Å². The Morgan fingerprint density at radius 2 is 1.63 bits per heavy atom. The highest BCUT2D eigenvalue weighted by Gasteiger charge is 2.46. The second-order valence-corrected chi connectivity index (χ2v) is 9.91. The largest absolute Gasteiger partial charge is 0.369 e. The Labute approximate surface area is 205 Å². The number of fused-ring (bicyclic) bond motifs is 1. The average Bonchev–Trinajstić information content (AvgIpc) is 3.48. The molecule has 184 valence electrons. The molecule has 2 atom stereocenters. The summed E-state index contributed by atoms with van der Waals surface area (Å²) in [6.45, 7) is 10.5. The summed E-state index contributed by atoms with van der Waals surface area (Å²) in [7, 11) is 0. The third-order valence-electron chi connectivity index (χ3n) is 7.83. The smallest absolute Gasteiger partial charge is 0.228 e. The molecule has 3 aliphatic rings. The summed E-state index contributed by atoms with van der Waals surface area (Å²) in [5.41, 5.74) is 5.79. The van der Waals surface area contributed by atoms with Gasteiger partial charge in [-0.05, 0) is 42.8 Å². The lowest BCUT2D eigenvalue weighted by molar-refractivity contribution is -0.133. The zero-order chi connectivity index (χ0) is 23.9. The predicted molar refractivity (Wildman–Crippen MR) is 137 cm³/mol. The summed E-state index contributed by atoms with van der Waals surface area (Å²) in [6, 6.07) is 13.1. The number of hydrogen-bond donors (Lipinski definition) is 0. The number of nitrogens with zero attached hydrogens (tertiary/aromatic N) is 6. The normalized spacial score (nSPS) is 23.2. The molecule has 8 heteroatoms. The molecule has 0 N–H and O–H groups in total. The van der Waals surface area contributed by atoms with Crippen LogP contribution < -0.4 is 9.80 Å². The molecule has 0 radical (unpaired) electrons. The van der Waals surface area contributed by atoms with Crippen LogP contribution in [0.3, 0.4) is 0 Å². The first-order valence-corrected chi connectivity index (χ1v) is 12.8. The number of carbonyl (C=O) groups is 1. The lowest BCUT2D eigenvalue weighted by atomic mass is 10.1. The van der Waals surface area contributed by atoms with Crippen molar-refractivity contribution in [2.75, 3.05) is 68.7 Å². The Morgan fingerprint density at radius 3 is 2.29 bits per heavy atom. The van der Waals surface area contributed by atoms with E-state index in [1.165, 1.54) is 11.3 Å². The number of likely N-dealkylation sites (N-methyl/N-ethyl adjacent to an activating group) is 1. The topological polar surface area (TPSA) is 47.3 Å². The zero-order valence-corrected chi connectivity index (χ0v) is 20.3. The van der Waals surface area contributed by atoms with Crippen LogP contribution in [-0.2, 0) is 4.79 Å². The van der Waals surface area contributed by atoms with Crippen molar-refractivity contribution in [1.29, 1.82) is 0 Å². The van der Waals surface area contributed by atoms with Crippen molar-refractivity contribution in [1.82, 2.24) is 19.4 Å².